The van der Waals surface area contributed by atoms with E-state index in [4.69, 9.17) is 4.74 Å². The molecule has 0 amide bonds. The Labute approximate surface area is 60.6 Å². The van der Waals surface area contributed by atoms with Crippen LogP contribution in [0.2, 0.25) is 0 Å². The lowest BCUT2D eigenvalue weighted by atomic mass is 10.0. The van der Waals surface area contributed by atoms with Crippen LogP contribution < -0.4 is 0 Å². The van der Waals surface area contributed by atoms with E-state index in [-0.39, 0.29) is 0 Å². The second-order valence-electron chi connectivity index (χ2n) is 2.39. The van der Waals surface area contributed by atoms with Gasteiger partial charge in [0.1, 0.15) is 6.10 Å². The molecule has 0 N–H and O–H groups in total. The van der Waals surface area contributed by atoms with E-state index in [1.807, 2.05) is 18.2 Å². The van der Waals surface area contributed by atoms with Crippen LogP contribution in [0, 0.1) is 6.10 Å². The monoisotopic (exact) mass is 133 g/mol. The van der Waals surface area contributed by atoms with E-state index in [1.54, 1.807) is 0 Å². The summed E-state index contributed by atoms with van der Waals surface area (Å²) in [5.41, 5.74) is 1.23. The lowest BCUT2D eigenvalue weighted by molar-refractivity contribution is 0.0609. The van der Waals surface area contributed by atoms with Gasteiger partial charge in [0.05, 0.1) is 6.61 Å². The molecule has 1 aliphatic rings. The van der Waals surface area contributed by atoms with Gasteiger partial charge in [-0.2, -0.15) is 0 Å². The van der Waals surface area contributed by atoms with Crippen LogP contribution >= 0.6 is 0 Å². The van der Waals surface area contributed by atoms with Gasteiger partial charge in [0.25, 0.3) is 0 Å². The number of rotatable bonds is 1. The minimum Gasteiger partial charge on any atom is -0.367 e. The van der Waals surface area contributed by atoms with E-state index in [0.29, 0.717) is 0 Å². The minimum atomic E-state index is 0.893. The van der Waals surface area contributed by atoms with E-state index in [1.165, 1.54) is 5.56 Å². The van der Waals surface area contributed by atoms with Gasteiger partial charge in [0.2, 0.25) is 0 Å². The maximum absolute atomic E-state index is 5.23. The van der Waals surface area contributed by atoms with Gasteiger partial charge in [-0.15, -0.1) is 0 Å². The number of hydrogen-bond acceptors (Lipinski definition) is 1. The largest absolute Gasteiger partial charge is 0.367 e. The molecule has 1 aliphatic heterocycles. The second kappa shape index (κ2) is 2.43. The van der Waals surface area contributed by atoms with Crippen LogP contribution in [0.25, 0.3) is 0 Å². The summed E-state index contributed by atoms with van der Waals surface area (Å²) in [6.07, 6.45) is 2.24. The first-order valence-electron chi connectivity index (χ1n) is 3.51. The predicted molar refractivity (Wildman–Crippen MR) is 39.4 cm³/mol. The Morgan fingerprint density at radius 1 is 1.10 bits per heavy atom. The Bertz CT molecular complexity index is 201. The third-order valence-corrected chi connectivity index (χ3v) is 1.70. The molecule has 1 heterocycles. The van der Waals surface area contributed by atoms with Crippen molar-refractivity contribution in [1.82, 2.24) is 0 Å². The highest BCUT2D eigenvalue weighted by atomic mass is 16.5. The van der Waals surface area contributed by atoms with Crippen LogP contribution in [-0.2, 0) is 4.74 Å². The van der Waals surface area contributed by atoms with Gasteiger partial charge in [0, 0.05) is 6.42 Å². The van der Waals surface area contributed by atoms with Gasteiger partial charge < -0.3 is 4.74 Å². The summed E-state index contributed by atoms with van der Waals surface area (Å²) in [7, 11) is 0. The zero-order valence-electron chi connectivity index (χ0n) is 5.71. The van der Waals surface area contributed by atoms with Crippen molar-refractivity contribution in [3.63, 3.8) is 0 Å². The summed E-state index contributed by atoms with van der Waals surface area (Å²) in [5.74, 6) is 0. The molecule has 1 aromatic rings. The number of ether oxygens (including phenoxy) is 1. The Morgan fingerprint density at radius 2 is 1.80 bits per heavy atom. The molecule has 1 radical (unpaired) electrons. The summed E-state index contributed by atoms with van der Waals surface area (Å²) < 4.78 is 5.23. The summed E-state index contributed by atoms with van der Waals surface area (Å²) in [6, 6.07) is 10.2. The zero-order chi connectivity index (χ0) is 6.81. The van der Waals surface area contributed by atoms with Crippen molar-refractivity contribution >= 4 is 0 Å². The van der Waals surface area contributed by atoms with Crippen molar-refractivity contribution in [2.24, 2.45) is 0 Å². The van der Waals surface area contributed by atoms with Gasteiger partial charge in [-0.05, 0) is 5.56 Å². The first kappa shape index (κ1) is 5.93. The fourth-order valence-electron chi connectivity index (χ4n) is 1.06. The fraction of sp³-hybridized carbons (Fsp3) is 0.222. The molecule has 0 atom stereocenters. The number of hydrogen-bond donors (Lipinski definition) is 0. The molecule has 1 heteroatoms. The average molecular weight is 133 g/mol. The lowest BCUT2D eigenvalue weighted by Gasteiger charge is -2.24. The normalized spacial score (nSPS) is 18.4. The maximum Gasteiger partial charge on any atom is 0.128 e. The first-order valence-corrected chi connectivity index (χ1v) is 3.51. The molecule has 1 nitrogen and oxygen atoms in total. The van der Waals surface area contributed by atoms with Crippen molar-refractivity contribution in [3.8, 4) is 0 Å². The van der Waals surface area contributed by atoms with E-state index in [9.17, 15) is 0 Å². The zero-order valence-corrected chi connectivity index (χ0v) is 5.71. The van der Waals surface area contributed by atoms with E-state index >= 15 is 0 Å². The van der Waals surface area contributed by atoms with Crippen molar-refractivity contribution in [3.05, 3.63) is 42.0 Å². The molecule has 0 aliphatic carbocycles. The molecule has 0 spiro atoms. The third-order valence-electron chi connectivity index (χ3n) is 1.70. The summed E-state index contributed by atoms with van der Waals surface area (Å²) >= 11 is 0. The number of benzene rings is 1. The van der Waals surface area contributed by atoms with Crippen LogP contribution in [0.1, 0.15) is 12.0 Å². The van der Waals surface area contributed by atoms with Gasteiger partial charge >= 0.3 is 0 Å². The highest BCUT2D eigenvalue weighted by Crippen LogP contribution is 2.27. The maximum atomic E-state index is 5.23. The lowest BCUT2D eigenvalue weighted by Crippen LogP contribution is -2.18. The van der Waals surface area contributed by atoms with Crippen LogP contribution in [0.15, 0.2) is 30.3 Å². The smallest absolute Gasteiger partial charge is 0.128 e. The van der Waals surface area contributed by atoms with Crippen molar-refractivity contribution in [1.29, 1.82) is 0 Å². The topological polar surface area (TPSA) is 9.23 Å². The Balaban J connectivity index is 2.18. The highest BCUT2D eigenvalue weighted by Gasteiger charge is 2.20. The van der Waals surface area contributed by atoms with Gasteiger partial charge in [-0.3, -0.25) is 0 Å². The van der Waals surface area contributed by atoms with E-state index in [0.717, 1.165) is 19.1 Å². The van der Waals surface area contributed by atoms with Crippen molar-refractivity contribution < 1.29 is 4.74 Å². The molecule has 0 aromatic heterocycles. The Hall–Kier alpha value is -0.820. The van der Waals surface area contributed by atoms with E-state index < -0.39 is 0 Å². The molecule has 0 saturated carbocycles. The van der Waals surface area contributed by atoms with Gasteiger partial charge in [-0.1, -0.05) is 30.3 Å². The molecule has 10 heavy (non-hydrogen) atoms. The second-order valence-corrected chi connectivity index (χ2v) is 2.39. The molecular weight excluding hydrogens is 124 g/mol. The molecule has 1 saturated heterocycles. The van der Waals surface area contributed by atoms with Crippen molar-refractivity contribution in [2.45, 2.75) is 6.42 Å². The molecule has 51 valence electrons. The molecule has 0 bridgehead atoms. The SMILES string of the molecule is c1ccc([C]2CCO2)cc1. The average Bonchev–Trinajstić information content (AvgIpc) is 1.86. The molecular formula is C9H9O. The highest BCUT2D eigenvalue weighted by molar-refractivity contribution is 5.28. The summed E-state index contributed by atoms with van der Waals surface area (Å²) in [5, 5.41) is 0. The standard InChI is InChI=1S/C9H9O/c1-2-4-8(5-3-1)9-6-7-10-9/h1-5H,6-7H2. The Kier molecular flexibility index (Phi) is 1.44. The fourth-order valence-corrected chi connectivity index (χ4v) is 1.06. The van der Waals surface area contributed by atoms with Crippen LogP contribution in [-0.4, -0.2) is 6.61 Å². The van der Waals surface area contributed by atoms with Crippen molar-refractivity contribution in [2.75, 3.05) is 6.61 Å². The first-order chi connectivity index (χ1) is 4.97. The molecule has 1 aromatic carbocycles. The van der Waals surface area contributed by atoms with Crippen LogP contribution in [0.3, 0.4) is 0 Å². The third kappa shape index (κ3) is 0.929. The van der Waals surface area contributed by atoms with Gasteiger partial charge in [-0.25, -0.2) is 0 Å². The predicted octanol–water partition coefficient (Wildman–Crippen LogP) is 1.99. The summed E-state index contributed by atoms with van der Waals surface area (Å²) in [6.45, 7) is 0.893. The summed E-state index contributed by atoms with van der Waals surface area (Å²) in [4.78, 5) is 0. The minimum absolute atomic E-state index is 0.893. The Morgan fingerprint density at radius 3 is 2.30 bits per heavy atom. The molecule has 0 unspecified atom stereocenters. The van der Waals surface area contributed by atoms with Crippen LogP contribution in [0.5, 0.6) is 0 Å². The molecule has 2 rings (SSSR count). The van der Waals surface area contributed by atoms with Gasteiger partial charge in [0.15, 0.2) is 0 Å². The molecule has 1 fully saturated rings. The van der Waals surface area contributed by atoms with E-state index in [2.05, 4.69) is 12.1 Å². The quantitative estimate of drug-likeness (QED) is 0.569. The van der Waals surface area contributed by atoms with Crippen LogP contribution in [0.4, 0.5) is 0 Å².